The lowest BCUT2D eigenvalue weighted by atomic mass is 10.1. The molecule has 0 rings (SSSR count). The number of aliphatic carboxylic acids is 1. The van der Waals surface area contributed by atoms with Crippen LogP contribution in [0.25, 0.3) is 0 Å². The summed E-state index contributed by atoms with van der Waals surface area (Å²) in [6.07, 6.45) is 25.2. The third kappa shape index (κ3) is 27.3. The lowest BCUT2D eigenvalue weighted by Gasteiger charge is -2.20. The number of carboxylic acids is 1. The maximum Gasteiger partial charge on any atom is 0.472 e. The van der Waals surface area contributed by atoms with Crippen molar-refractivity contribution in [2.45, 2.75) is 135 Å². The first kappa shape index (κ1) is 41.0. The maximum atomic E-state index is 12.3. The second kappa shape index (κ2) is 27.5. The number of esters is 2. The number of ether oxygens (including phenoxy) is 2. The minimum Gasteiger partial charge on any atom is -0.480 e. The lowest BCUT2D eigenvalue weighted by molar-refractivity contribution is -0.161. The summed E-state index contributed by atoms with van der Waals surface area (Å²) in [4.78, 5) is 44.3. The minimum absolute atomic E-state index is 0.102. The zero-order valence-corrected chi connectivity index (χ0v) is 27.2. The van der Waals surface area contributed by atoms with E-state index in [1.807, 2.05) is 0 Å². The van der Waals surface area contributed by atoms with Crippen molar-refractivity contribution in [2.24, 2.45) is 5.73 Å². The molecule has 0 aromatic carbocycles. The van der Waals surface area contributed by atoms with Crippen LogP contribution < -0.4 is 5.73 Å². The van der Waals surface area contributed by atoms with Crippen molar-refractivity contribution >= 4 is 25.7 Å². The van der Waals surface area contributed by atoms with E-state index in [1.165, 1.54) is 57.8 Å². The number of allylic oxidation sites excluding steroid dienone is 4. The molecule has 0 saturated heterocycles. The third-order valence-corrected chi connectivity index (χ3v) is 7.46. The van der Waals surface area contributed by atoms with E-state index in [1.54, 1.807) is 6.92 Å². The van der Waals surface area contributed by atoms with E-state index in [0.29, 0.717) is 6.42 Å². The van der Waals surface area contributed by atoms with Crippen molar-refractivity contribution in [2.75, 3.05) is 19.8 Å². The summed E-state index contributed by atoms with van der Waals surface area (Å²) in [5.41, 5.74) is 5.24. The Kier molecular flexibility index (Phi) is 26.2. The number of rotatable bonds is 29. The molecular weight excluding hydrogens is 577 g/mol. The first-order chi connectivity index (χ1) is 20.6. The molecule has 0 aliphatic rings. The Hall–Kier alpha value is -2.04. The van der Waals surface area contributed by atoms with Crippen LogP contribution in [0.15, 0.2) is 24.3 Å². The average Bonchev–Trinajstić information content (AvgIpc) is 2.98. The molecule has 4 N–H and O–H groups in total. The van der Waals surface area contributed by atoms with E-state index in [0.717, 1.165) is 32.1 Å². The Balaban J connectivity index is 4.03. The fraction of sp³-hybridized carbons (Fsp3) is 0.774. The summed E-state index contributed by atoms with van der Waals surface area (Å²) in [6, 6.07) is -1.52. The number of phosphoric ester groups is 1. The van der Waals surface area contributed by atoms with Crippen LogP contribution in [0.2, 0.25) is 0 Å². The number of carboxylic acid groups (broad SMARTS) is 1. The quantitative estimate of drug-likeness (QED) is 0.0343. The first-order valence-electron chi connectivity index (χ1n) is 15.9. The van der Waals surface area contributed by atoms with Crippen LogP contribution in [0, 0.1) is 0 Å². The van der Waals surface area contributed by atoms with Crippen LogP contribution in [0.5, 0.6) is 0 Å². The SMILES string of the molecule is CCCCC/C=C\C/C=C\CCCCCCCCCCCC(=O)OC(COC(=O)CC)COP(=O)(O)OCC(N)C(=O)O. The van der Waals surface area contributed by atoms with Gasteiger partial charge in [0.2, 0.25) is 0 Å². The molecule has 0 spiro atoms. The molecule has 0 heterocycles. The number of phosphoric acid groups is 1. The number of hydrogen-bond donors (Lipinski definition) is 3. The van der Waals surface area contributed by atoms with E-state index in [9.17, 15) is 23.8 Å². The average molecular weight is 634 g/mol. The van der Waals surface area contributed by atoms with Gasteiger partial charge < -0.3 is 25.2 Å². The van der Waals surface area contributed by atoms with E-state index in [4.69, 9.17) is 24.8 Å². The number of carbonyl (C=O) groups excluding carboxylic acids is 2. The van der Waals surface area contributed by atoms with Crippen LogP contribution >= 0.6 is 7.82 Å². The fourth-order valence-corrected chi connectivity index (χ4v) is 4.68. The number of hydrogen-bond acceptors (Lipinski definition) is 9. The third-order valence-electron chi connectivity index (χ3n) is 6.51. The molecule has 3 unspecified atom stereocenters. The van der Waals surface area contributed by atoms with Crippen molar-refractivity contribution in [3.05, 3.63) is 24.3 Å². The molecule has 0 saturated carbocycles. The highest BCUT2D eigenvalue weighted by Crippen LogP contribution is 2.43. The zero-order valence-electron chi connectivity index (χ0n) is 26.3. The van der Waals surface area contributed by atoms with Crippen LogP contribution in [0.4, 0.5) is 0 Å². The summed E-state index contributed by atoms with van der Waals surface area (Å²) in [6.45, 7) is 2.11. The van der Waals surface area contributed by atoms with Crippen molar-refractivity contribution in [1.82, 2.24) is 0 Å². The van der Waals surface area contributed by atoms with Gasteiger partial charge in [-0.15, -0.1) is 0 Å². The smallest absolute Gasteiger partial charge is 0.472 e. The first-order valence-corrected chi connectivity index (χ1v) is 17.4. The molecule has 0 aromatic heterocycles. The Bertz CT molecular complexity index is 848. The number of carbonyl (C=O) groups is 3. The molecule has 0 amide bonds. The topological polar surface area (TPSA) is 172 Å². The Morgan fingerprint density at radius 2 is 1.28 bits per heavy atom. The van der Waals surface area contributed by atoms with Gasteiger partial charge in [-0.25, -0.2) is 4.57 Å². The van der Waals surface area contributed by atoms with Gasteiger partial charge in [0, 0.05) is 12.8 Å². The number of unbranched alkanes of at least 4 members (excludes halogenated alkanes) is 12. The fourth-order valence-electron chi connectivity index (χ4n) is 3.90. The standard InChI is InChI=1S/C31H56NO10P/c1-3-5-6-7-8-9-10-11-12-13-14-15-16-17-18-19-20-21-22-23-30(34)42-27(24-39-29(33)4-2)25-40-43(37,38)41-26-28(32)31(35)36/h8-9,11-12,27-28H,3-7,10,13-26,32H2,1-2H3,(H,35,36)(H,37,38)/b9-8-,12-11-. The van der Waals surface area contributed by atoms with Gasteiger partial charge in [-0.2, -0.15) is 0 Å². The predicted octanol–water partition coefficient (Wildman–Crippen LogP) is 6.77. The van der Waals surface area contributed by atoms with Crippen molar-refractivity contribution in [3.8, 4) is 0 Å². The minimum atomic E-state index is -4.68. The van der Waals surface area contributed by atoms with Gasteiger partial charge in [-0.3, -0.25) is 23.4 Å². The normalized spacial score (nSPS) is 14.5. The van der Waals surface area contributed by atoms with Crippen molar-refractivity contribution < 1.29 is 47.5 Å². The Morgan fingerprint density at radius 1 is 0.744 bits per heavy atom. The lowest BCUT2D eigenvalue weighted by Crippen LogP contribution is -2.34. The van der Waals surface area contributed by atoms with E-state index in [2.05, 4.69) is 35.8 Å². The molecule has 0 radical (unpaired) electrons. The molecule has 0 fully saturated rings. The van der Waals surface area contributed by atoms with Gasteiger partial charge in [0.25, 0.3) is 0 Å². The van der Waals surface area contributed by atoms with Crippen molar-refractivity contribution in [1.29, 1.82) is 0 Å². The molecule has 0 bridgehead atoms. The highest BCUT2D eigenvalue weighted by Gasteiger charge is 2.28. The molecule has 0 aromatic rings. The zero-order chi connectivity index (χ0) is 32.2. The van der Waals surface area contributed by atoms with Crippen LogP contribution in [0.3, 0.4) is 0 Å². The number of nitrogens with two attached hydrogens (primary N) is 1. The summed E-state index contributed by atoms with van der Waals surface area (Å²) in [7, 11) is -4.68. The summed E-state index contributed by atoms with van der Waals surface area (Å²) in [5.74, 6) is -2.49. The molecule has 0 aliphatic heterocycles. The largest absolute Gasteiger partial charge is 0.480 e. The molecular formula is C31H56NO10P. The molecule has 0 aliphatic carbocycles. The summed E-state index contributed by atoms with van der Waals surface area (Å²) in [5, 5.41) is 8.74. The molecule has 250 valence electrons. The van der Waals surface area contributed by atoms with Crippen LogP contribution in [-0.2, 0) is 37.5 Å². The summed E-state index contributed by atoms with van der Waals surface area (Å²) < 4.78 is 31.6. The molecule has 11 nitrogen and oxygen atoms in total. The maximum absolute atomic E-state index is 12.3. The van der Waals surface area contributed by atoms with Gasteiger partial charge in [-0.1, -0.05) is 95.9 Å². The monoisotopic (exact) mass is 633 g/mol. The Morgan fingerprint density at radius 3 is 1.84 bits per heavy atom. The van der Waals surface area contributed by atoms with Gasteiger partial charge in [0.1, 0.15) is 12.6 Å². The molecule has 3 atom stereocenters. The molecule has 43 heavy (non-hydrogen) atoms. The van der Waals surface area contributed by atoms with E-state index >= 15 is 0 Å². The molecule has 12 heteroatoms. The van der Waals surface area contributed by atoms with Crippen LogP contribution in [0.1, 0.15) is 123 Å². The van der Waals surface area contributed by atoms with Gasteiger partial charge in [0.05, 0.1) is 13.2 Å². The highest BCUT2D eigenvalue weighted by atomic mass is 31.2. The van der Waals surface area contributed by atoms with Gasteiger partial charge in [0.15, 0.2) is 6.10 Å². The predicted molar refractivity (Wildman–Crippen MR) is 166 cm³/mol. The second-order valence-electron chi connectivity index (χ2n) is 10.5. The van der Waals surface area contributed by atoms with Crippen molar-refractivity contribution in [3.63, 3.8) is 0 Å². The summed E-state index contributed by atoms with van der Waals surface area (Å²) >= 11 is 0. The van der Waals surface area contributed by atoms with Gasteiger partial charge >= 0.3 is 25.7 Å². The Labute approximate surface area is 258 Å². The van der Waals surface area contributed by atoms with Gasteiger partial charge in [-0.05, 0) is 38.5 Å². The second-order valence-corrected chi connectivity index (χ2v) is 12.0. The van der Waals surface area contributed by atoms with Crippen LogP contribution in [-0.4, -0.2) is 59.9 Å². The van der Waals surface area contributed by atoms with E-state index < -0.39 is 51.1 Å². The van der Waals surface area contributed by atoms with E-state index in [-0.39, 0.29) is 19.4 Å². The highest BCUT2D eigenvalue weighted by molar-refractivity contribution is 7.47.